The van der Waals surface area contributed by atoms with Crippen molar-refractivity contribution in [3.63, 3.8) is 0 Å². The second-order valence-corrected chi connectivity index (χ2v) is 4.66. The Bertz CT molecular complexity index is 469. The zero-order valence-corrected chi connectivity index (χ0v) is 10.0. The number of allylic oxidation sites excluding steroid dienone is 3. The van der Waals surface area contributed by atoms with Crippen LogP contribution >= 0.6 is 11.8 Å². The molecular formula is C13H12O3S. The molecule has 1 aliphatic heterocycles. The van der Waals surface area contributed by atoms with Crippen LogP contribution in [0.4, 0.5) is 0 Å². The first-order chi connectivity index (χ1) is 8.27. The Morgan fingerprint density at radius 1 is 1.29 bits per heavy atom. The largest absolute Gasteiger partial charge is 0.461 e. The topological polar surface area (TPSA) is 47.3 Å². The van der Waals surface area contributed by atoms with Gasteiger partial charge >= 0.3 is 0 Å². The maximum atomic E-state index is 11.8. The van der Waals surface area contributed by atoms with E-state index in [1.165, 1.54) is 18.0 Å². The molecule has 17 heavy (non-hydrogen) atoms. The van der Waals surface area contributed by atoms with Crippen LogP contribution in [0.3, 0.4) is 0 Å². The van der Waals surface area contributed by atoms with Crippen LogP contribution < -0.4 is 0 Å². The molecule has 0 aliphatic carbocycles. The van der Waals surface area contributed by atoms with Crippen LogP contribution in [0.5, 0.6) is 0 Å². The fraction of sp³-hybridized carbons (Fsp3) is 0.231. The first kappa shape index (κ1) is 11.9. The van der Waals surface area contributed by atoms with E-state index in [1.807, 2.05) is 12.2 Å². The van der Waals surface area contributed by atoms with Crippen LogP contribution in [0.25, 0.3) is 0 Å². The summed E-state index contributed by atoms with van der Waals surface area (Å²) in [5.74, 6) is 1.05. The predicted molar refractivity (Wildman–Crippen MR) is 67.0 cm³/mol. The van der Waals surface area contributed by atoms with E-state index in [9.17, 15) is 9.59 Å². The molecule has 0 aromatic carbocycles. The van der Waals surface area contributed by atoms with Gasteiger partial charge in [0.25, 0.3) is 0 Å². The third kappa shape index (κ3) is 3.20. The van der Waals surface area contributed by atoms with E-state index in [1.54, 1.807) is 18.2 Å². The van der Waals surface area contributed by atoms with Gasteiger partial charge in [-0.1, -0.05) is 12.2 Å². The van der Waals surface area contributed by atoms with Gasteiger partial charge < -0.3 is 4.42 Å². The Morgan fingerprint density at radius 3 is 2.76 bits per heavy atom. The maximum Gasteiger partial charge on any atom is 0.198 e. The molecule has 0 bridgehead atoms. The Kier molecular flexibility index (Phi) is 3.98. The second kappa shape index (κ2) is 5.68. The number of hydrogen-bond acceptors (Lipinski definition) is 4. The molecule has 4 heteroatoms. The van der Waals surface area contributed by atoms with E-state index < -0.39 is 0 Å². The van der Waals surface area contributed by atoms with Gasteiger partial charge in [-0.15, -0.1) is 11.8 Å². The molecule has 1 aliphatic rings. The van der Waals surface area contributed by atoms with Crippen molar-refractivity contribution in [2.45, 2.75) is 12.8 Å². The number of furan rings is 1. The quantitative estimate of drug-likeness (QED) is 0.751. The van der Waals surface area contributed by atoms with Crippen molar-refractivity contribution in [2.24, 2.45) is 0 Å². The summed E-state index contributed by atoms with van der Waals surface area (Å²) in [6.07, 6.45) is 7.57. The summed E-state index contributed by atoms with van der Waals surface area (Å²) in [6, 6.07) is 3.28. The van der Waals surface area contributed by atoms with Gasteiger partial charge in [-0.2, -0.15) is 0 Å². The van der Waals surface area contributed by atoms with Gasteiger partial charge in [0.1, 0.15) is 0 Å². The number of carbonyl (C=O) groups excluding carboxylic acids is 2. The van der Waals surface area contributed by atoms with Crippen molar-refractivity contribution in [1.29, 1.82) is 0 Å². The molecule has 0 amide bonds. The normalized spacial score (nSPS) is 14.5. The summed E-state index contributed by atoms with van der Waals surface area (Å²) in [5, 5.41) is 0. The van der Waals surface area contributed by atoms with E-state index in [-0.39, 0.29) is 24.4 Å². The Morgan fingerprint density at radius 2 is 2.12 bits per heavy atom. The van der Waals surface area contributed by atoms with Gasteiger partial charge in [0.05, 0.1) is 11.2 Å². The van der Waals surface area contributed by atoms with E-state index in [0.717, 1.165) is 10.7 Å². The van der Waals surface area contributed by atoms with E-state index in [2.05, 4.69) is 0 Å². The van der Waals surface area contributed by atoms with Crippen molar-refractivity contribution < 1.29 is 14.0 Å². The monoisotopic (exact) mass is 248 g/mol. The summed E-state index contributed by atoms with van der Waals surface area (Å²) in [7, 11) is 0. The van der Waals surface area contributed by atoms with E-state index in [4.69, 9.17) is 4.42 Å². The minimum absolute atomic E-state index is 0.0271. The lowest BCUT2D eigenvalue weighted by molar-refractivity contribution is -0.114. The molecule has 2 heterocycles. The van der Waals surface area contributed by atoms with Gasteiger partial charge in [0.15, 0.2) is 17.3 Å². The smallest absolute Gasteiger partial charge is 0.198 e. The Hall–Kier alpha value is -1.55. The van der Waals surface area contributed by atoms with Crippen LogP contribution in [-0.2, 0) is 4.79 Å². The van der Waals surface area contributed by atoms with E-state index >= 15 is 0 Å². The maximum absolute atomic E-state index is 11.8. The zero-order valence-electron chi connectivity index (χ0n) is 9.22. The van der Waals surface area contributed by atoms with Gasteiger partial charge in [-0.25, -0.2) is 0 Å². The summed E-state index contributed by atoms with van der Waals surface area (Å²) < 4.78 is 4.98. The minimum Gasteiger partial charge on any atom is -0.461 e. The molecule has 0 fully saturated rings. The number of rotatable bonds is 5. The van der Waals surface area contributed by atoms with Crippen LogP contribution in [0.2, 0.25) is 0 Å². The highest BCUT2D eigenvalue weighted by Crippen LogP contribution is 2.22. The molecule has 1 aromatic heterocycles. The molecule has 2 rings (SSSR count). The number of Topliss-reactive ketones (excluding diaryl/α,β-unsaturated/α-hetero) is 2. The zero-order chi connectivity index (χ0) is 12.1. The molecule has 3 nitrogen and oxygen atoms in total. The average Bonchev–Trinajstić information content (AvgIpc) is 2.90. The molecule has 0 spiro atoms. The first-order valence-corrected chi connectivity index (χ1v) is 6.35. The third-order valence-electron chi connectivity index (χ3n) is 2.37. The van der Waals surface area contributed by atoms with Gasteiger partial charge in [-0.05, 0) is 18.2 Å². The standard InChI is InChI=1S/C13H12O3S/c14-10(12-4-3-8-16-12)6-7-11(15)13-5-1-2-9-17-13/h1-5,8H,6-7,9H2. The molecule has 1 aromatic rings. The Balaban J connectivity index is 1.86. The molecule has 0 saturated carbocycles. The van der Waals surface area contributed by atoms with Crippen molar-refractivity contribution in [1.82, 2.24) is 0 Å². The van der Waals surface area contributed by atoms with Gasteiger partial charge in [0.2, 0.25) is 0 Å². The SMILES string of the molecule is O=C(CCC(=O)c1ccco1)C1=CC=CCS1. The lowest BCUT2D eigenvalue weighted by atomic mass is 10.1. The van der Waals surface area contributed by atoms with Crippen molar-refractivity contribution in [3.05, 3.63) is 47.3 Å². The predicted octanol–water partition coefficient (Wildman–Crippen LogP) is 3.00. The van der Waals surface area contributed by atoms with E-state index in [0.29, 0.717) is 5.76 Å². The summed E-state index contributed by atoms with van der Waals surface area (Å²) >= 11 is 1.51. The minimum atomic E-state index is -0.125. The van der Waals surface area contributed by atoms with Crippen molar-refractivity contribution in [2.75, 3.05) is 5.75 Å². The second-order valence-electron chi connectivity index (χ2n) is 3.59. The summed E-state index contributed by atoms with van der Waals surface area (Å²) in [4.78, 5) is 24.1. The number of hydrogen-bond donors (Lipinski definition) is 0. The van der Waals surface area contributed by atoms with Gasteiger partial charge in [0, 0.05) is 18.6 Å². The first-order valence-electron chi connectivity index (χ1n) is 5.37. The molecule has 0 saturated heterocycles. The average molecular weight is 248 g/mol. The molecule has 0 radical (unpaired) electrons. The highest BCUT2D eigenvalue weighted by Gasteiger charge is 2.15. The van der Waals surface area contributed by atoms with Crippen molar-refractivity contribution in [3.8, 4) is 0 Å². The van der Waals surface area contributed by atoms with Crippen LogP contribution in [0.15, 0.2) is 45.9 Å². The fourth-order valence-electron chi connectivity index (χ4n) is 1.48. The Labute approximate surface area is 104 Å². The van der Waals surface area contributed by atoms with Gasteiger partial charge in [-0.3, -0.25) is 9.59 Å². The number of carbonyl (C=O) groups is 2. The summed E-state index contributed by atoms with van der Waals surface area (Å²) in [5.41, 5.74) is 0. The molecule has 88 valence electrons. The third-order valence-corrected chi connectivity index (χ3v) is 3.40. The lowest BCUT2D eigenvalue weighted by Gasteiger charge is -2.06. The molecule has 0 atom stereocenters. The molecule has 0 N–H and O–H groups in total. The van der Waals surface area contributed by atoms with Crippen LogP contribution in [-0.4, -0.2) is 17.3 Å². The van der Waals surface area contributed by atoms with Crippen LogP contribution in [0, 0.1) is 0 Å². The fourth-order valence-corrected chi connectivity index (χ4v) is 2.31. The number of thioether (sulfide) groups is 1. The highest BCUT2D eigenvalue weighted by molar-refractivity contribution is 8.04. The molecular weight excluding hydrogens is 236 g/mol. The highest BCUT2D eigenvalue weighted by atomic mass is 32.2. The summed E-state index contributed by atoms with van der Waals surface area (Å²) in [6.45, 7) is 0. The lowest BCUT2D eigenvalue weighted by Crippen LogP contribution is -2.06. The number of ketones is 2. The molecule has 0 unspecified atom stereocenters. The van der Waals surface area contributed by atoms with Crippen LogP contribution in [0.1, 0.15) is 23.4 Å². The van der Waals surface area contributed by atoms with Crippen molar-refractivity contribution >= 4 is 23.3 Å².